The first-order valence-corrected chi connectivity index (χ1v) is 9.19. The Bertz CT molecular complexity index is 707. The average Bonchev–Trinajstić information content (AvgIpc) is 3.00. The van der Waals surface area contributed by atoms with Crippen LogP contribution in [0.15, 0.2) is 29.6 Å². The van der Waals surface area contributed by atoms with Crippen LogP contribution in [0.25, 0.3) is 0 Å². The summed E-state index contributed by atoms with van der Waals surface area (Å²) < 4.78 is 10.9. The van der Waals surface area contributed by atoms with E-state index in [1.807, 2.05) is 5.38 Å². The predicted molar refractivity (Wildman–Crippen MR) is 98.3 cm³/mol. The molecule has 3 rings (SSSR count). The van der Waals surface area contributed by atoms with Crippen LogP contribution in [-0.4, -0.2) is 48.2 Å². The number of rotatable bonds is 5. The fourth-order valence-corrected chi connectivity index (χ4v) is 3.69. The van der Waals surface area contributed by atoms with E-state index in [0.29, 0.717) is 10.7 Å². The summed E-state index contributed by atoms with van der Waals surface area (Å²) in [4.78, 5) is 19.2. The van der Waals surface area contributed by atoms with E-state index in [9.17, 15) is 4.79 Å². The molecular weight excluding hydrogens is 338 g/mol. The molecule has 2 atom stereocenters. The van der Waals surface area contributed by atoms with Crippen LogP contribution in [-0.2, 0) is 11.3 Å². The van der Waals surface area contributed by atoms with Gasteiger partial charge in [0, 0.05) is 30.6 Å². The van der Waals surface area contributed by atoms with Gasteiger partial charge in [-0.1, -0.05) is 0 Å². The van der Waals surface area contributed by atoms with Gasteiger partial charge in [-0.3, -0.25) is 15.0 Å². The molecule has 1 aromatic heterocycles. The van der Waals surface area contributed by atoms with Crippen molar-refractivity contribution in [3.63, 3.8) is 0 Å². The van der Waals surface area contributed by atoms with Crippen LogP contribution in [0.2, 0.25) is 0 Å². The molecule has 1 aliphatic heterocycles. The number of benzene rings is 1. The van der Waals surface area contributed by atoms with Crippen LogP contribution in [0.1, 0.15) is 29.9 Å². The van der Waals surface area contributed by atoms with Gasteiger partial charge in [0.25, 0.3) is 5.91 Å². The van der Waals surface area contributed by atoms with Gasteiger partial charge in [0.1, 0.15) is 5.75 Å². The van der Waals surface area contributed by atoms with Gasteiger partial charge in [-0.05, 0) is 38.1 Å². The van der Waals surface area contributed by atoms with E-state index in [1.54, 1.807) is 31.4 Å². The summed E-state index contributed by atoms with van der Waals surface area (Å²) in [6.45, 7) is 6.74. The van der Waals surface area contributed by atoms with Gasteiger partial charge in [0.2, 0.25) is 0 Å². The van der Waals surface area contributed by atoms with E-state index >= 15 is 0 Å². The third-order valence-electron chi connectivity index (χ3n) is 4.01. The molecule has 1 amide bonds. The molecule has 0 bridgehead atoms. The summed E-state index contributed by atoms with van der Waals surface area (Å²) in [5.74, 6) is 0.555. The Hall–Kier alpha value is -1.96. The second-order valence-electron chi connectivity index (χ2n) is 6.28. The standard InChI is InChI=1S/C18H23N3O3S/c1-12-8-21(9-13(2)24-12)10-15-11-25-18(19-15)20-17(22)14-4-6-16(23-3)7-5-14/h4-7,11-13H,8-10H2,1-3H3,(H,19,20,22)/t12-,13-/m0/s1. The Kier molecular flexibility index (Phi) is 5.67. The van der Waals surface area contributed by atoms with Crippen LogP contribution in [0, 0.1) is 0 Å². The molecular formula is C18H23N3O3S. The summed E-state index contributed by atoms with van der Waals surface area (Å²) in [7, 11) is 1.60. The maximum atomic E-state index is 12.3. The average molecular weight is 361 g/mol. The van der Waals surface area contributed by atoms with Crippen molar-refractivity contribution < 1.29 is 14.3 Å². The Labute approximate surface area is 151 Å². The minimum atomic E-state index is -0.169. The Morgan fingerprint density at radius 1 is 1.32 bits per heavy atom. The molecule has 6 nitrogen and oxygen atoms in total. The zero-order chi connectivity index (χ0) is 17.8. The lowest BCUT2D eigenvalue weighted by Crippen LogP contribution is -2.44. The molecule has 1 aliphatic rings. The van der Waals surface area contributed by atoms with E-state index in [2.05, 4.69) is 29.0 Å². The molecule has 1 N–H and O–H groups in total. The Morgan fingerprint density at radius 3 is 2.64 bits per heavy atom. The number of carbonyl (C=O) groups excluding carboxylic acids is 1. The number of thiazole rings is 1. The minimum absolute atomic E-state index is 0.169. The number of amides is 1. The summed E-state index contributed by atoms with van der Waals surface area (Å²) in [5, 5.41) is 5.47. The molecule has 7 heteroatoms. The van der Waals surface area contributed by atoms with Crippen molar-refractivity contribution in [2.45, 2.75) is 32.6 Å². The first-order chi connectivity index (χ1) is 12.0. The van der Waals surface area contributed by atoms with Gasteiger partial charge in [-0.15, -0.1) is 11.3 Å². The van der Waals surface area contributed by atoms with E-state index in [1.165, 1.54) is 11.3 Å². The number of ether oxygens (including phenoxy) is 2. The van der Waals surface area contributed by atoms with Gasteiger partial charge in [-0.25, -0.2) is 4.98 Å². The lowest BCUT2D eigenvalue weighted by Gasteiger charge is -2.34. The number of carbonyl (C=O) groups is 1. The zero-order valence-corrected chi connectivity index (χ0v) is 15.5. The summed E-state index contributed by atoms with van der Waals surface area (Å²) in [6.07, 6.45) is 0.466. The molecule has 1 fully saturated rings. The first kappa shape index (κ1) is 17.8. The van der Waals surface area contributed by atoms with E-state index < -0.39 is 0 Å². The van der Waals surface area contributed by atoms with Crippen molar-refractivity contribution in [1.82, 2.24) is 9.88 Å². The minimum Gasteiger partial charge on any atom is -0.497 e. The van der Waals surface area contributed by atoms with Crippen molar-refractivity contribution in [1.29, 1.82) is 0 Å². The highest BCUT2D eigenvalue weighted by Gasteiger charge is 2.22. The van der Waals surface area contributed by atoms with Crippen LogP contribution >= 0.6 is 11.3 Å². The quantitative estimate of drug-likeness (QED) is 0.887. The van der Waals surface area contributed by atoms with E-state index in [-0.39, 0.29) is 18.1 Å². The van der Waals surface area contributed by atoms with Crippen molar-refractivity contribution in [2.24, 2.45) is 0 Å². The molecule has 2 aromatic rings. The third kappa shape index (κ3) is 4.78. The molecule has 134 valence electrons. The first-order valence-electron chi connectivity index (χ1n) is 8.31. The maximum absolute atomic E-state index is 12.3. The number of morpholine rings is 1. The number of hydrogen-bond acceptors (Lipinski definition) is 6. The molecule has 0 spiro atoms. The SMILES string of the molecule is COc1ccc(C(=O)Nc2nc(CN3C[C@H](C)O[C@@H](C)C3)cs2)cc1. The van der Waals surface area contributed by atoms with Crippen LogP contribution in [0.5, 0.6) is 5.75 Å². The number of methoxy groups -OCH3 is 1. The van der Waals surface area contributed by atoms with Crippen LogP contribution < -0.4 is 10.1 Å². The number of nitrogens with zero attached hydrogens (tertiary/aromatic N) is 2. The second-order valence-corrected chi connectivity index (χ2v) is 7.14. The third-order valence-corrected chi connectivity index (χ3v) is 4.81. The van der Waals surface area contributed by atoms with Gasteiger partial charge in [0.15, 0.2) is 5.13 Å². The normalized spacial score (nSPS) is 21.1. The van der Waals surface area contributed by atoms with Crippen molar-refractivity contribution in [3.05, 3.63) is 40.9 Å². The van der Waals surface area contributed by atoms with Crippen LogP contribution in [0.3, 0.4) is 0 Å². The zero-order valence-electron chi connectivity index (χ0n) is 14.7. The van der Waals surface area contributed by atoms with Gasteiger partial charge in [-0.2, -0.15) is 0 Å². The summed E-state index contributed by atoms with van der Waals surface area (Å²) in [5.41, 5.74) is 1.55. The van der Waals surface area contributed by atoms with E-state index in [0.717, 1.165) is 31.1 Å². The number of aromatic nitrogens is 1. The lowest BCUT2D eigenvalue weighted by molar-refractivity contribution is -0.0707. The fourth-order valence-electron chi connectivity index (χ4n) is 2.99. The highest BCUT2D eigenvalue weighted by atomic mass is 32.1. The van der Waals surface area contributed by atoms with Gasteiger partial charge in [0.05, 0.1) is 25.0 Å². The largest absolute Gasteiger partial charge is 0.497 e. The lowest BCUT2D eigenvalue weighted by atomic mass is 10.2. The monoisotopic (exact) mass is 361 g/mol. The molecule has 2 heterocycles. The molecule has 1 saturated heterocycles. The number of anilines is 1. The Balaban J connectivity index is 1.58. The summed E-state index contributed by atoms with van der Waals surface area (Å²) >= 11 is 1.44. The molecule has 0 radical (unpaired) electrons. The van der Waals surface area contributed by atoms with Crippen molar-refractivity contribution >= 4 is 22.4 Å². The fraction of sp³-hybridized carbons (Fsp3) is 0.444. The molecule has 0 unspecified atom stereocenters. The number of nitrogens with one attached hydrogen (secondary N) is 1. The smallest absolute Gasteiger partial charge is 0.257 e. The second kappa shape index (κ2) is 7.95. The van der Waals surface area contributed by atoms with Crippen molar-refractivity contribution in [3.8, 4) is 5.75 Å². The maximum Gasteiger partial charge on any atom is 0.257 e. The summed E-state index contributed by atoms with van der Waals surface area (Å²) in [6, 6.07) is 7.00. The molecule has 1 aromatic carbocycles. The van der Waals surface area contributed by atoms with Gasteiger partial charge < -0.3 is 9.47 Å². The Morgan fingerprint density at radius 2 is 2.00 bits per heavy atom. The molecule has 0 saturated carbocycles. The highest BCUT2D eigenvalue weighted by molar-refractivity contribution is 7.13. The van der Waals surface area contributed by atoms with E-state index in [4.69, 9.17) is 9.47 Å². The molecule has 0 aliphatic carbocycles. The van der Waals surface area contributed by atoms with Gasteiger partial charge >= 0.3 is 0 Å². The van der Waals surface area contributed by atoms with Crippen LogP contribution in [0.4, 0.5) is 5.13 Å². The highest BCUT2D eigenvalue weighted by Crippen LogP contribution is 2.20. The van der Waals surface area contributed by atoms with Crippen molar-refractivity contribution in [2.75, 3.05) is 25.5 Å². The molecule has 25 heavy (non-hydrogen) atoms. The number of hydrogen-bond donors (Lipinski definition) is 1. The topological polar surface area (TPSA) is 63.7 Å². The predicted octanol–water partition coefficient (Wildman–Crippen LogP) is 3.01.